The highest BCUT2D eigenvalue weighted by Crippen LogP contribution is 2.38. The second-order valence-electron chi connectivity index (χ2n) is 3.40. The van der Waals surface area contributed by atoms with Crippen LogP contribution in [0.3, 0.4) is 0 Å². The molecule has 0 unspecified atom stereocenters. The molecule has 0 saturated carbocycles. The number of anilines is 1. The van der Waals surface area contributed by atoms with Crippen molar-refractivity contribution in [3.8, 4) is 11.1 Å². The monoisotopic (exact) mass is 239 g/mol. The normalized spacial score (nSPS) is 11.5. The van der Waals surface area contributed by atoms with Crippen molar-refractivity contribution in [2.45, 2.75) is 6.18 Å². The molecule has 88 valence electrons. The van der Waals surface area contributed by atoms with Crippen molar-refractivity contribution < 1.29 is 13.2 Å². The Morgan fingerprint density at radius 2 is 1.59 bits per heavy atom. The first-order valence-corrected chi connectivity index (χ1v) is 4.73. The number of alkyl halides is 3. The van der Waals surface area contributed by atoms with Crippen molar-refractivity contribution in [1.29, 1.82) is 0 Å². The van der Waals surface area contributed by atoms with Crippen molar-refractivity contribution in [2.75, 3.05) is 5.73 Å². The molecule has 0 amide bonds. The Kier molecular flexibility index (Phi) is 2.71. The van der Waals surface area contributed by atoms with Gasteiger partial charge in [-0.3, -0.25) is 0 Å². The van der Waals surface area contributed by atoms with Crippen molar-refractivity contribution in [1.82, 2.24) is 10.2 Å². The van der Waals surface area contributed by atoms with Crippen LogP contribution in [0.25, 0.3) is 11.1 Å². The summed E-state index contributed by atoms with van der Waals surface area (Å²) in [5.74, 6) is 0. The molecule has 2 aromatic rings. The molecule has 0 saturated heterocycles. The van der Waals surface area contributed by atoms with Gasteiger partial charge < -0.3 is 5.73 Å². The summed E-state index contributed by atoms with van der Waals surface area (Å²) >= 11 is 0. The molecule has 0 atom stereocenters. The van der Waals surface area contributed by atoms with E-state index in [4.69, 9.17) is 5.73 Å². The smallest absolute Gasteiger partial charge is 0.397 e. The lowest BCUT2D eigenvalue weighted by Crippen LogP contribution is -2.07. The molecular weight excluding hydrogens is 231 g/mol. The van der Waals surface area contributed by atoms with Crippen LogP contribution in [0, 0.1) is 0 Å². The first-order chi connectivity index (χ1) is 8.00. The van der Waals surface area contributed by atoms with Crippen molar-refractivity contribution in [2.24, 2.45) is 0 Å². The fraction of sp³-hybridized carbons (Fsp3) is 0.0909. The molecule has 0 bridgehead atoms. The van der Waals surface area contributed by atoms with Gasteiger partial charge in [-0.05, 0) is 11.6 Å². The lowest BCUT2D eigenvalue weighted by Gasteiger charge is -2.13. The minimum absolute atomic E-state index is 0.00685. The van der Waals surface area contributed by atoms with Crippen LogP contribution >= 0.6 is 0 Å². The number of nitrogen functional groups attached to an aromatic ring is 1. The maximum Gasteiger partial charge on any atom is 0.417 e. The van der Waals surface area contributed by atoms with Gasteiger partial charge in [-0.2, -0.15) is 23.4 Å². The number of halogens is 3. The van der Waals surface area contributed by atoms with E-state index < -0.39 is 11.7 Å². The quantitative estimate of drug-likeness (QED) is 0.832. The van der Waals surface area contributed by atoms with E-state index in [1.807, 2.05) is 0 Å². The maximum absolute atomic E-state index is 12.8. The average Bonchev–Trinajstić information content (AvgIpc) is 2.28. The Morgan fingerprint density at radius 3 is 2.24 bits per heavy atom. The van der Waals surface area contributed by atoms with Gasteiger partial charge in [0.1, 0.15) is 0 Å². The molecular formula is C11H8F3N3. The van der Waals surface area contributed by atoms with Gasteiger partial charge in [0.2, 0.25) is 0 Å². The first kappa shape index (κ1) is 11.4. The highest BCUT2D eigenvalue weighted by atomic mass is 19.4. The maximum atomic E-state index is 12.8. The zero-order valence-corrected chi connectivity index (χ0v) is 8.57. The van der Waals surface area contributed by atoms with E-state index in [0.717, 1.165) is 6.07 Å². The Balaban J connectivity index is 2.65. The van der Waals surface area contributed by atoms with Gasteiger partial charge >= 0.3 is 6.18 Å². The highest BCUT2D eigenvalue weighted by molar-refractivity contribution is 5.77. The standard InChI is InChI=1S/C11H8F3N3/c12-11(13,14)9-4-2-1-3-7(9)8-5-16-17-6-10(8)15/h1-6H,(H2,15,16). The minimum atomic E-state index is -4.42. The predicted octanol–water partition coefficient (Wildman–Crippen LogP) is 2.74. The average molecular weight is 239 g/mol. The lowest BCUT2D eigenvalue weighted by atomic mass is 10.0. The van der Waals surface area contributed by atoms with Crippen LogP contribution in [0.2, 0.25) is 0 Å². The largest absolute Gasteiger partial charge is 0.417 e. The molecule has 1 aromatic carbocycles. The molecule has 6 heteroatoms. The molecule has 1 heterocycles. The summed E-state index contributed by atoms with van der Waals surface area (Å²) in [6, 6.07) is 5.22. The van der Waals surface area contributed by atoms with E-state index in [1.165, 1.54) is 30.6 Å². The van der Waals surface area contributed by atoms with Crippen LogP contribution in [0.5, 0.6) is 0 Å². The molecule has 0 radical (unpaired) electrons. The fourth-order valence-corrected chi connectivity index (χ4v) is 1.52. The van der Waals surface area contributed by atoms with Gasteiger partial charge in [0.05, 0.1) is 23.6 Å². The molecule has 0 aliphatic rings. The molecule has 0 spiro atoms. The Hall–Kier alpha value is -2.11. The van der Waals surface area contributed by atoms with Gasteiger partial charge in [0.15, 0.2) is 0 Å². The van der Waals surface area contributed by atoms with Gasteiger partial charge in [0, 0.05) is 5.56 Å². The zero-order chi connectivity index (χ0) is 12.5. The van der Waals surface area contributed by atoms with Crippen LogP contribution < -0.4 is 5.73 Å². The summed E-state index contributed by atoms with van der Waals surface area (Å²) in [5, 5.41) is 7.05. The Morgan fingerprint density at radius 1 is 0.941 bits per heavy atom. The summed E-state index contributed by atoms with van der Waals surface area (Å²) in [7, 11) is 0. The molecule has 17 heavy (non-hydrogen) atoms. The van der Waals surface area contributed by atoms with Gasteiger partial charge in [-0.25, -0.2) is 0 Å². The number of hydrogen-bond acceptors (Lipinski definition) is 3. The topological polar surface area (TPSA) is 51.8 Å². The molecule has 2 N–H and O–H groups in total. The molecule has 2 rings (SSSR count). The number of benzene rings is 1. The van der Waals surface area contributed by atoms with E-state index in [1.54, 1.807) is 0 Å². The van der Waals surface area contributed by atoms with Crippen LogP contribution in [0.4, 0.5) is 18.9 Å². The lowest BCUT2D eigenvalue weighted by molar-refractivity contribution is -0.137. The van der Waals surface area contributed by atoms with E-state index in [-0.39, 0.29) is 16.8 Å². The predicted molar refractivity (Wildman–Crippen MR) is 56.9 cm³/mol. The second-order valence-corrected chi connectivity index (χ2v) is 3.40. The number of nitrogens with two attached hydrogens (primary N) is 1. The molecule has 0 fully saturated rings. The van der Waals surface area contributed by atoms with Crippen molar-refractivity contribution >= 4 is 5.69 Å². The fourth-order valence-electron chi connectivity index (χ4n) is 1.52. The van der Waals surface area contributed by atoms with Crippen LogP contribution in [0.1, 0.15) is 5.56 Å². The van der Waals surface area contributed by atoms with E-state index >= 15 is 0 Å². The number of rotatable bonds is 1. The Labute approximate surface area is 95.1 Å². The summed E-state index contributed by atoms with van der Waals surface area (Å²) in [6.07, 6.45) is -1.98. The highest BCUT2D eigenvalue weighted by Gasteiger charge is 2.33. The SMILES string of the molecule is Nc1cnncc1-c1ccccc1C(F)(F)F. The number of nitrogens with zero attached hydrogens (tertiary/aromatic N) is 2. The van der Waals surface area contributed by atoms with Crippen LogP contribution in [0.15, 0.2) is 36.7 Å². The van der Waals surface area contributed by atoms with Crippen molar-refractivity contribution in [3.63, 3.8) is 0 Å². The summed E-state index contributed by atoms with van der Waals surface area (Å²) in [6.45, 7) is 0. The Bertz CT molecular complexity index is 537. The molecule has 0 aliphatic heterocycles. The third kappa shape index (κ3) is 2.20. The molecule has 0 aliphatic carbocycles. The minimum Gasteiger partial charge on any atom is -0.397 e. The van der Waals surface area contributed by atoms with E-state index in [2.05, 4.69) is 10.2 Å². The third-order valence-electron chi connectivity index (χ3n) is 2.28. The van der Waals surface area contributed by atoms with Crippen LogP contribution in [-0.2, 0) is 6.18 Å². The van der Waals surface area contributed by atoms with Crippen molar-refractivity contribution in [3.05, 3.63) is 42.2 Å². The summed E-state index contributed by atoms with van der Waals surface area (Å²) in [4.78, 5) is 0. The zero-order valence-electron chi connectivity index (χ0n) is 8.57. The molecule has 3 nitrogen and oxygen atoms in total. The third-order valence-corrected chi connectivity index (χ3v) is 2.28. The first-order valence-electron chi connectivity index (χ1n) is 4.73. The second kappa shape index (κ2) is 4.04. The summed E-state index contributed by atoms with van der Waals surface area (Å²) in [5.41, 5.74) is 5.26. The summed E-state index contributed by atoms with van der Waals surface area (Å²) < 4.78 is 38.4. The number of hydrogen-bond donors (Lipinski definition) is 1. The number of aromatic nitrogens is 2. The van der Waals surface area contributed by atoms with Gasteiger partial charge in [0.25, 0.3) is 0 Å². The van der Waals surface area contributed by atoms with Gasteiger partial charge in [-0.1, -0.05) is 18.2 Å². The van der Waals surface area contributed by atoms with E-state index in [9.17, 15) is 13.2 Å². The van der Waals surface area contributed by atoms with Crippen LogP contribution in [-0.4, -0.2) is 10.2 Å². The van der Waals surface area contributed by atoms with E-state index in [0.29, 0.717) is 0 Å². The molecule has 1 aromatic heterocycles. The van der Waals surface area contributed by atoms with Gasteiger partial charge in [-0.15, -0.1) is 0 Å².